The van der Waals surface area contributed by atoms with Crippen molar-refractivity contribution in [2.24, 2.45) is 0 Å². The summed E-state index contributed by atoms with van der Waals surface area (Å²) in [7, 11) is 0. The number of nitrogens with zero attached hydrogens (tertiary/aromatic N) is 4. The third kappa shape index (κ3) is 3.49. The molecular formula is C16H22N4O3S. The van der Waals surface area contributed by atoms with Crippen LogP contribution in [-0.4, -0.2) is 45.7 Å². The lowest BCUT2D eigenvalue weighted by atomic mass is 10.2. The normalized spacial score (nSPS) is 18.6. The average molecular weight is 350 g/mol. The molecule has 0 radical (unpaired) electrons. The van der Waals surface area contributed by atoms with Crippen LogP contribution in [-0.2, 0) is 4.74 Å². The molecule has 1 aliphatic heterocycles. The highest BCUT2D eigenvalue weighted by Crippen LogP contribution is 2.26. The summed E-state index contributed by atoms with van der Waals surface area (Å²) in [6.07, 6.45) is 1.29. The van der Waals surface area contributed by atoms with Crippen molar-refractivity contribution in [1.82, 2.24) is 20.1 Å². The lowest BCUT2D eigenvalue weighted by Gasteiger charge is -2.30. The van der Waals surface area contributed by atoms with E-state index in [4.69, 9.17) is 9.15 Å². The van der Waals surface area contributed by atoms with Gasteiger partial charge in [-0.1, -0.05) is 27.7 Å². The lowest BCUT2D eigenvalue weighted by molar-refractivity contribution is -0.0349. The summed E-state index contributed by atoms with van der Waals surface area (Å²) < 4.78 is 11.4. The minimum Gasteiger partial charge on any atom is -0.422 e. The molecule has 3 heterocycles. The Morgan fingerprint density at radius 2 is 2.08 bits per heavy atom. The van der Waals surface area contributed by atoms with Crippen molar-refractivity contribution in [3.8, 4) is 0 Å². The Labute approximate surface area is 145 Å². The van der Waals surface area contributed by atoms with Gasteiger partial charge in [-0.2, -0.15) is 0 Å². The van der Waals surface area contributed by atoms with Crippen molar-refractivity contribution in [3.63, 3.8) is 0 Å². The number of thiazole rings is 1. The summed E-state index contributed by atoms with van der Waals surface area (Å²) in [5, 5.41) is 9.07. The molecule has 0 aliphatic carbocycles. The van der Waals surface area contributed by atoms with Gasteiger partial charge < -0.3 is 14.1 Å². The summed E-state index contributed by atoms with van der Waals surface area (Å²) in [6, 6.07) is 0. The molecule has 1 atom stereocenters. The summed E-state index contributed by atoms with van der Waals surface area (Å²) in [5.74, 6) is 1.49. The molecule has 0 N–H and O–H groups in total. The Morgan fingerprint density at radius 3 is 2.71 bits per heavy atom. The van der Waals surface area contributed by atoms with Crippen LogP contribution >= 0.6 is 11.3 Å². The van der Waals surface area contributed by atoms with E-state index in [0.29, 0.717) is 42.3 Å². The zero-order valence-corrected chi connectivity index (χ0v) is 15.2. The van der Waals surface area contributed by atoms with E-state index in [-0.39, 0.29) is 17.9 Å². The van der Waals surface area contributed by atoms with Crippen molar-refractivity contribution in [1.29, 1.82) is 0 Å². The predicted molar refractivity (Wildman–Crippen MR) is 89.2 cm³/mol. The van der Waals surface area contributed by atoms with Crippen LogP contribution in [0.4, 0.5) is 0 Å². The molecule has 2 aromatic heterocycles. The molecule has 0 unspecified atom stereocenters. The van der Waals surface area contributed by atoms with Crippen molar-refractivity contribution in [2.75, 3.05) is 19.7 Å². The van der Waals surface area contributed by atoms with Gasteiger partial charge in [0, 0.05) is 18.4 Å². The third-order valence-electron chi connectivity index (χ3n) is 3.81. The summed E-state index contributed by atoms with van der Waals surface area (Å²) in [6.45, 7) is 9.53. The number of aromatic nitrogens is 3. The van der Waals surface area contributed by atoms with Gasteiger partial charge in [0.15, 0.2) is 6.10 Å². The average Bonchev–Trinajstić information content (AvgIpc) is 3.24. The monoisotopic (exact) mass is 350 g/mol. The van der Waals surface area contributed by atoms with E-state index in [1.54, 1.807) is 11.1 Å². The molecule has 0 saturated carbocycles. The highest BCUT2D eigenvalue weighted by atomic mass is 32.1. The van der Waals surface area contributed by atoms with Gasteiger partial charge in [0.1, 0.15) is 4.88 Å². The molecule has 0 aromatic carbocycles. The highest BCUT2D eigenvalue weighted by Gasteiger charge is 2.30. The topological polar surface area (TPSA) is 81.4 Å². The first-order chi connectivity index (χ1) is 11.5. The first-order valence-electron chi connectivity index (χ1n) is 8.15. The molecule has 0 spiro atoms. The van der Waals surface area contributed by atoms with E-state index >= 15 is 0 Å². The Kier molecular flexibility index (Phi) is 4.96. The molecule has 7 nitrogen and oxygen atoms in total. The Balaban J connectivity index is 1.71. The number of morpholine rings is 1. The predicted octanol–water partition coefficient (Wildman–Crippen LogP) is 2.99. The van der Waals surface area contributed by atoms with Gasteiger partial charge in [-0.3, -0.25) is 4.79 Å². The Hall–Kier alpha value is -1.80. The van der Waals surface area contributed by atoms with Crippen LogP contribution in [0.25, 0.3) is 0 Å². The van der Waals surface area contributed by atoms with Crippen LogP contribution in [0.3, 0.4) is 0 Å². The maximum Gasteiger partial charge on any atom is 0.265 e. The molecule has 1 fully saturated rings. The molecule has 0 bridgehead atoms. The van der Waals surface area contributed by atoms with Crippen LogP contribution in [0.2, 0.25) is 0 Å². The van der Waals surface area contributed by atoms with Crippen LogP contribution in [0.5, 0.6) is 0 Å². The van der Waals surface area contributed by atoms with Crippen molar-refractivity contribution in [2.45, 2.75) is 45.6 Å². The number of hydrogen-bond donors (Lipinski definition) is 0. The van der Waals surface area contributed by atoms with E-state index in [2.05, 4.69) is 29.0 Å². The Bertz CT molecular complexity index is 710. The fourth-order valence-corrected chi connectivity index (χ4v) is 3.29. The summed E-state index contributed by atoms with van der Waals surface area (Å²) >= 11 is 1.45. The number of hydrogen-bond acceptors (Lipinski definition) is 7. The first kappa shape index (κ1) is 17.0. The number of ether oxygens (including phenoxy) is 1. The third-order valence-corrected chi connectivity index (χ3v) is 5.09. The van der Waals surface area contributed by atoms with Gasteiger partial charge in [-0.25, -0.2) is 4.98 Å². The van der Waals surface area contributed by atoms with Gasteiger partial charge in [0.05, 0.1) is 24.4 Å². The standard InChI is InChI=1S/C16H22N4O3S/c1-9(2)13-18-19-14(23-13)11-8-20(5-6-22-11)16(21)12-7-17-15(24-12)10(3)4/h7,9-11H,5-6,8H2,1-4H3/t11-/m1/s1. The van der Waals surface area contributed by atoms with E-state index in [1.807, 2.05) is 13.8 Å². The van der Waals surface area contributed by atoms with E-state index in [0.717, 1.165) is 5.01 Å². The zero-order chi connectivity index (χ0) is 17.3. The molecule has 2 aromatic rings. The van der Waals surface area contributed by atoms with Crippen molar-refractivity contribution in [3.05, 3.63) is 27.9 Å². The fraction of sp³-hybridized carbons (Fsp3) is 0.625. The van der Waals surface area contributed by atoms with Crippen LogP contribution < -0.4 is 0 Å². The molecular weight excluding hydrogens is 328 g/mol. The zero-order valence-electron chi connectivity index (χ0n) is 14.4. The van der Waals surface area contributed by atoms with Gasteiger partial charge in [0.25, 0.3) is 5.91 Å². The minimum absolute atomic E-state index is 0.0173. The number of carbonyl (C=O) groups is 1. The molecule has 130 valence electrons. The van der Waals surface area contributed by atoms with Gasteiger partial charge in [0.2, 0.25) is 11.8 Å². The number of amides is 1. The van der Waals surface area contributed by atoms with E-state index < -0.39 is 0 Å². The molecule has 1 amide bonds. The number of carbonyl (C=O) groups excluding carboxylic acids is 1. The molecule has 8 heteroatoms. The fourth-order valence-electron chi connectivity index (χ4n) is 2.40. The molecule has 1 saturated heterocycles. The first-order valence-corrected chi connectivity index (χ1v) is 8.97. The van der Waals surface area contributed by atoms with Crippen LogP contribution in [0, 0.1) is 0 Å². The van der Waals surface area contributed by atoms with E-state index in [1.165, 1.54) is 11.3 Å². The minimum atomic E-state index is -0.375. The second-order valence-electron chi connectivity index (χ2n) is 6.46. The Morgan fingerprint density at radius 1 is 1.29 bits per heavy atom. The van der Waals surface area contributed by atoms with Crippen LogP contribution in [0.1, 0.15) is 72.1 Å². The van der Waals surface area contributed by atoms with Crippen molar-refractivity contribution >= 4 is 17.2 Å². The van der Waals surface area contributed by atoms with Gasteiger partial charge >= 0.3 is 0 Å². The second-order valence-corrected chi connectivity index (χ2v) is 7.52. The highest BCUT2D eigenvalue weighted by molar-refractivity contribution is 7.13. The largest absolute Gasteiger partial charge is 0.422 e. The van der Waals surface area contributed by atoms with Crippen LogP contribution in [0.15, 0.2) is 10.6 Å². The van der Waals surface area contributed by atoms with Gasteiger partial charge in [-0.15, -0.1) is 21.5 Å². The summed E-state index contributed by atoms with van der Waals surface area (Å²) in [5.41, 5.74) is 0. The quantitative estimate of drug-likeness (QED) is 0.843. The van der Waals surface area contributed by atoms with Crippen molar-refractivity contribution < 1.29 is 13.9 Å². The second kappa shape index (κ2) is 6.98. The van der Waals surface area contributed by atoms with E-state index in [9.17, 15) is 4.79 Å². The summed E-state index contributed by atoms with van der Waals surface area (Å²) in [4.78, 5) is 19.5. The molecule has 24 heavy (non-hydrogen) atoms. The lowest BCUT2D eigenvalue weighted by Crippen LogP contribution is -2.42. The SMILES string of the molecule is CC(C)c1nnc([C@H]2CN(C(=O)c3cnc(C(C)C)s3)CCO2)o1. The number of rotatable bonds is 4. The molecule has 3 rings (SSSR count). The maximum absolute atomic E-state index is 12.7. The van der Waals surface area contributed by atoms with Gasteiger partial charge in [-0.05, 0) is 0 Å². The molecule has 1 aliphatic rings. The smallest absolute Gasteiger partial charge is 0.265 e. The maximum atomic E-state index is 12.7.